The first-order valence-corrected chi connectivity index (χ1v) is 9.83. The van der Waals surface area contributed by atoms with Gasteiger partial charge in [0, 0.05) is 16.0 Å². The summed E-state index contributed by atoms with van der Waals surface area (Å²) in [6, 6.07) is 7.30. The first-order valence-electron chi connectivity index (χ1n) is 9.01. The number of anilines is 1. The number of thiazole rings is 1. The van der Waals surface area contributed by atoms with Crippen LogP contribution in [0.15, 0.2) is 41.3 Å². The molecule has 134 valence electrons. The molecule has 0 fully saturated rings. The van der Waals surface area contributed by atoms with Crippen LogP contribution in [0.25, 0.3) is 11.3 Å². The SMILES string of the molecule is CCCC1CCc2nc(NC(=O)c3ccc(-c4cnco4)cc3)sc2C1. The van der Waals surface area contributed by atoms with E-state index in [0.717, 1.165) is 24.3 Å². The molecular formula is C20H21N3O2S. The van der Waals surface area contributed by atoms with Gasteiger partial charge in [0.05, 0.1) is 11.9 Å². The first kappa shape index (κ1) is 17.0. The molecule has 0 saturated carbocycles. The molecule has 0 aliphatic heterocycles. The fourth-order valence-corrected chi connectivity index (χ4v) is 4.58. The van der Waals surface area contributed by atoms with Crippen molar-refractivity contribution in [3.63, 3.8) is 0 Å². The summed E-state index contributed by atoms with van der Waals surface area (Å²) in [4.78, 5) is 22.4. The van der Waals surface area contributed by atoms with Crippen LogP contribution in [-0.2, 0) is 12.8 Å². The number of hydrogen-bond donors (Lipinski definition) is 1. The number of aryl methyl sites for hydroxylation is 1. The molecule has 0 bridgehead atoms. The summed E-state index contributed by atoms with van der Waals surface area (Å²) in [7, 11) is 0. The van der Waals surface area contributed by atoms with Crippen molar-refractivity contribution in [2.24, 2.45) is 5.92 Å². The van der Waals surface area contributed by atoms with Gasteiger partial charge in [-0.2, -0.15) is 0 Å². The van der Waals surface area contributed by atoms with Crippen molar-refractivity contribution < 1.29 is 9.21 Å². The number of aromatic nitrogens is 2. The molecule has 3 aromatic rings. The largest absolute Gasteiger partial charge is 0.444 e. The lowest BCUT2D eigenvalue weighted by Crippen LogP contribution is -2.13. The average Bonchev–Trinajstić information content (AvgIpc) is 3.31. The Morgan fingerprint density at radius 1 is 1.35 bits per heavy atom. The van der Waals surface area contributed by atoms with Crippen LogP contribution in [0.5, 0.6) is 0 Å². The molecule has 1 amide bonds. The van der Waals surface area contributed by atoms with Crippen LogP contribution in [0.3, 0.4) is 0 Å². The summed E-state index contributed by atoms with van der Waals surface area (Å²) in [5.41, 5.74) is 2.66. The minimum atomic E-state index is -0.134. The predicted octanol–water partition coefficient (Wildman–Crippen LogP) is 4.96. The molecule has 1 aliphatic carbocycles. The third kappa shape index (κ3) is 3.55. The Hall–Kier alpha value is -2.47. The van der Waals surface area contributed by atoms with Crippen LogP contribution < -0.4 is 5.32 Å². The van der Waals surface area contributed by atoms with Gasteiger partial charge in [0.2, 0.25) is 0 Å². The number of rotatable bonds is 5. The standard InChI is InChI=1S/C20H21N3O2S/c1-2-3-13-4-9-16-18(10-13)26-20(22-16)23-19(24)15-7-5-14(6-8-15)17-11-21-12-25-17/h5-8,11-13H,2-4,9-10H2,1H3,(H,22,23,24). The minimum absolute atomic E-state index is 0.134. The Bertz CT molecular complexity index is 884. The van der Waals surface area contributed by atoms with E-state index in [4.69, 9.17) is 4.42 Å². The summed E-state index contributed by atoms with van der Waals surface area (Å²) in [6.45, 7) is 2.24. The molecule has 4 rings (SSSR count). The monoisotopic (exact) mass is 367 g/mol. The summed E-state index contributed by atoms with van der Waals surface area (Å²) in [6.07, 6.45) is 8.89. The van der Waals surface area contributed by atoms with Gasteiger partial charge in [0.25, 0.3) is 5.91 Å². The second-order valence-electron chi connectivity index (χ2n) is 6.68. The van der Waals surface area contributed by atoms with Gasteiger partial charge >= 0.3 is 0 Å². The lowest BCUT2D eigenvalue weighted by Gasteiger charge is -2.19. The second-order valence-corrected chi connectivity index (χ2v) is 7.77. The second kappa shape index (κ2) is 7.41. The van der Waals surface area contributed by atoms with Crippen LogP contribution in [-0.4, -0.2) is 15.9 Å². The van der Waals surface area contributed by atoms with E-state index in [-0.39, 0.29) is 5.91 Å². The lowest BCUT2D eigenvalue weighted by molar-refractivity contribution is 0.102. The molecule has 1 aliphatic rings. The Kier molecular flexibility index (Phi) is 4.84. The number of fused-ring (bicyclic) bond motifs is 1. The normalized spacial score (nSPS) is 16.3. The van der Waals surface area contributed by atoms with Gasteiger partial charge in [-0.1, -0.05) is 31.9 Å². The zero-order chi connectivity index (χ0) is 17.9. The summed E-state index contributed by atoms with van der Waals surface area (Å²) < 4.78 is 5.27. The quantitative estimate of drug-likeness (QED) is 0.692. The number of hydrogen-bond acceptors (Lipinski definition) is 5. The molecule has 2 aromatic heterocycles. The summed E-state index contributed by atoms with van der Waals surface area (Å²) >= 11 is 1.62. The third-order valence-electron chi connectivity index (χ3n) is 4.82. The smallest absolute Gasteiger partial charge is 0.257 e. The molecule has 5 nitrogen and oxygen atoms in total. The highest BCUT2D eigenvalue weighted by atomic mass is 32.1. The Morgan fingerprint density at radius 3 is 2.92 bits per heavy atom. The number of carbonyl (C=O) groups excluding carboxylic acids is 1. The fourth-order valence-electron chi connectivity index (χ4n) is 3.46. The molecule has 0 spiro atoms. The minimum Gasteiger partial charge on any atom is -0.444 e. The van der Waals surface area contributed by atoms with E-state index in [2.05, 4.69) is 22.2 Å². The van der Waals surface area contributed by atoms with Gasteiger partial charge in [0.1, 0.15) is 0 Å². The van der Waals surface area contributed by atoms with Gasteiger partial charge in [-0.3, -0.25) is 10.1 Å². The topological polar surface area (TPSA) is 68.0 Å². The molecular weight excluding hydrogens is 346 g/mol. The Labute approximate surface area is 156 Å². The number of nitrogens with one attached hydrogen (secondary N) is 1. The van der Waals surface area contributed by atoms with E-state index in [1.807, 2.05) is 12.1 Å². The average molecular weight is 367 g/mol. The maximum Gasteiger partial charge on any atom is 0.257 e. The summed E-state index contributed by atoms with van der Waals surface area (Å²) in [5.74, 6) is 1.32. The number of benzene rings is 1. The zero-order valence-corrected chi connectivity index (χ0v) is 15.5. The van der Waals surface area contributed by atoms with E-state index < -0.39 is 0 Å². The highest BCUT2D eigenvalue weighted by Crippen LogP contribution is 2.34. The van der Waals surface area contributed by atoms with Gasteiger partial charge in [0.15, 0.2) is 17.3 Å². The van der Waals surface area contributed by atoms with Crippen molar-refractivity contribution in [1.82, 2.24) is 9.97 Å². The number of nitrogens with zero attached hydrogens (tertiary/aromatic N) is 2. The van der Waals surface area contributed by atoms with Crippen LogP contribution in [0.1, 0.15) is 47.1 Å². The van der Waals surface area contributed by atoms with Gasteiger partial charge < -0.3 is 4.42 Å². The number of carbonyl (C=O) groups is 1. The molecule has 1 N–H and O–H groups in total. The fraction of sp³-hybridized carbons (Fsp3) is 0.350. The molecule has 6 heteroatoms. The maximum atomic E-state index is 12.5. The summed E-state index contributed by atoms with van der Waals surface area (Å²) in [5, 5.41) is 3.65. The van der Waals surface area contributed by atoms with Crippen molar-refractivity contribution in [2.75, 3.05) is 5.32 Å². The van der Waals surface area contributed by atoms with E-state index in [9.17, 15) is 4.79 Å². The molecule has 1 unspecified atom stereocenters. The van der Waals surface area contributed by atoms with Gasteiger partial charge in [-0.15, -0.1) is 11.3 Å². The Balaban J connectivity index is 1.44. The maximum absolute atomic E-state index is 12.5. The molecule has 26 heavy (non-hydrogen) atoms. The predicted molar refractivity (Wildman–Crippen MR) is 102 cm³/mol. The van der Waals surface area contributed by atoms with E-state index >= 15 is 0 Å². The van der Waals surface area contributed by atoms with Crippen molar-refractivity contribution >= 4 is 22.4 Å². The zero-order valence-electron chi connectivity index (χ0n) is 14.7. The lowest BCUT2D eigenvalue weighted by atomic mass is 9.88. The molecule has 0 saturated heterocycles. The number of oxazole rings is 1. The highest BCUT2D eigenvalue weighted by Gasteiger charge is 2.22. The van der Waals surface area contributed by atoms with Crippen molar-refractivity contribution in [3.8, 4) is 11.3 Å². The van der Waals surface area contributed by atoms with Crippen LogP contribution in [0.4, 0.5) is 5.13 Å². The molecule has 1 aromatic carbocycles. The van der Waals surface area contributed by atoms with Crippen LogP contribution in [0, 0.1) is 5.92 Å². The van der Waals surface area contributed by atoms with Gasteiger partial charge in [-0.05, 0) is 37.3 Å². The van der Waals surface area contributed by atoms with Crippen molar-refractivity contribution in [1.29, 1.82) is 0 Å². The molecule has 1 atom stereocenters. The Morgan fingerprint density at radius 2 is 2.19 bits per heavy atom. The van der Waals surface area contributed by atoms with E-state index in [0.29, 0.717) is 16.5 Å². The van der Waals surface area contributed by atoms with Gasteiger partial charge in [-0.25, -0.2) is 9.97 Å². The number of amides is 1. The van der Waals surface area contributed by atoms with E-state index in [1.165, 1.54) is 36.2 Å². The van der Waals surface area contributed by atoms with E-state index in [1.54, 1.807) is 29.7 Å². The van der Waals surface area contributed by atoms with Crippen molar-refractivity contribution in [3.05, 3.63) is 53.0 Å². The first-order chi connectivity index (χ1) is 12.7. The molecule has 2 heterocycles. The highest BCUT2D eigenvalue weighted by molar-refractivity contribution is 7.15. The van der Waals surface area contributed by atoms with Crippen LogP contribution >= 0.6 is 11.3 Å². The molecule has 0 radical (unpaired) electrons. The third-order valence-corrected chi connectivity index (χ3v) is 5.86. The van der Waals surface area contributed by atoms with Crippen molar-refractivity contribution in [2.45, 2.75) is 39.0 Å². The van der Waals surface area contributed by atoms with Crippen LogP contribution in [0.2, 0.25) is 0 Å².